The van der Waals surface area contributed by atoms with Crippen LogP contribution in [0.2, 0.25) is 0 Å². The maximum Gasteiger partial charge on any atom is 0.303 e. The molecular formula is C18H19N2O2+. The molecule has 1 N–H and O–H groups in total. The predicted molar refractivity (Wildman–Crippen MR) is 84.9 cm³/mol. The molecule has 2 aromatic carbocycles. The van der Waals surface area contributed by atoms with Crippen molar-refractivity contribution in [1.82, 2.24) is 0 Å². The van der Waals surface area contributed by atoms with Crippen molar-refractivity contribution in [2.24, 2.45) is 0 Å². The highest BCUT2D eigenvalue weighted by Gasteiger charge is 2.36. The Bertz CT molecular complexity index is 739. The van der Waals surface area contributed by atoms with Gasteiger partial charge in [0.05, 0.1) is 18.3 Å². The molecule has 4 heteroatoms. The number of carbonyl (C=O) groups excluding carboxylic acids is 2. The van der Waals surface area contributed by atoms with Crippen LogP contribution in [0.15, 0.2) is 48.5 Å². The molecule has 0 radical (unpaired) electrons. The second-order valence-corrected chi connectivity index (χ2v) is 5.80. The summed E-state index contributed by atoms with van der Waals surface area (Å²) in [6.45, 7) is 3.38. The van der Waals surface area contributed by atoms with Gasteiger partial charge < -0.3 is 4.90 Å². The zero-order chi connectivity index (χ0) is 15.7. The smallest absolute Gasteiger partial charge is 0.303 e. The van der Waals surface area contributed by atoms with Gasteiger partial charge in [0.25, 0.3) is 5.78 Å². The molecule has 2 aromatic rings. The van der Waals surface area contributed by atoms with E-state index in [4.69, 9.17) is 0 Å². The Morgan fingerprint density at radius 2 is 1.68 bits per heavy atom. The molecule has 1 aliphatic heterocycles. The Morgan fingerprint density at radius 1 is 1.00 bits per heavy atom. The van der Waals surface area contributed by atoms with Crippen LogP contribution >= 0.6 is 0 Å². The molecule has 22 heavy (non-hydrogen) atoms. The van der Waals surface area contributed by atoms with E-state index >= 15 is 0 Å². The van der Waals surface area contributed by atoms with Crippen molar-refractivity contribution in [3.63, 3.8) is 0 Å². The van der Waals surface area contributed by atoms with Gasteiger partial charge in [0, 0.05) is 5.56 Å². The van der Waals surface area contributed by atoms with Crippen LogP contribution in [0.4, 0.5) is 5.69 Å². The highest BCUT2D eigenvalue weighted by Crippen LogP contribution is 2.27. The minimum absolute atomic E-state index is 0.403. The molecular weight excluding hydrogens is 276 g/mol. The van der Waals surface area contributed by atoms with Gasteiger partial charge in [-0.3, -0.25) is 14.5 Å². The van der Waals surface area contributed by atoms with E-state index in [1.165, 1.54) is 11.1 Å². The molecule has 1 atom stereocenters. The Morgan fingerprint density at radius 3 is 2.45 bits per heavy atom. The molecule has 1 unspecified atom stereocenters. The maximum absolute atomic E-state index is 12.2. The number of aryl methyl sites for hydroxylation is 1. The number of hydrogen-bond donors (Lipinski definition) is 1. The predicted octanol–water partition coefficient (Wildman–Crippen LogP) is 1.20. The van der Waals surface area contributed by atoms with Gasteiger partial charge in [-0.15, -0.1) is 0 Å². The molecule has 3 rings (SSSR count). The van der Waals surface area contributed by atoms with E-state index in [0.717, 1.165) is 17.1 Å². The topological polar surface area (TPSA) is 41.8 Å². The standard InChI is InChI=1S/C18H18N2O2/c1-13-7-3-4-8-14(13)11-19(2)12-20-16-10-6-5-9-15(16)17(21)18(20)22/h3-10H,11-12H2,1-2H3/p+1. The number of amides is 1. The SMILES string of the molecule is Cc1ccccc1C[NH+](C)CN1C(=O)C(=O)c2ccccc21. The van der Waals surface area contributed by atoms with Crippen molar-refractivity contribution in [3.05, 3.63) is 65.2 Å². The summed E-state index contributed by atoms with van der Waals surface area (Å²) in [4.78, 5) is 26.9. The first-order valence-corrected chi connectivity index (χ1v) is 7.39. The monoisotopic (exact) mass is 295 g/mol. The second-order valence-electron chi connectivity index (χ2n) is 5.80. The first kappa shape index (κ1) is 14.5. The number of carbonyl (C=O) groups is 2. The largest absolute Gasteiger partial charge is 0.316 e. The number of para-hydroxylation sites is 1. The molecule has 1 heterocycles. The summed E-state index contributed by atoms with van der Waals surface area (Å²) in [6, 6.07) is 15.4. The average molecular weight is 295 g/mol. The van der Waals surface area contributed by atoms with Gasteiger partial charge in [-0.25, -0.2) is 0 Å². The molecule has 0 saturated heterocycles. The van der Waals surface area contributed by atoms with Gasteiger partial charge >= 0.3 is 5.91 Å². The molecule has 0 bridgehead atoms. The third kappa shape index (κ3) is 2.53. The van der Waals surface area contributed by atoms with Crippen LogP contribution in [0.5, 0.6) is 0 Å². The van der Waals surface area contributed by atoms with Crippen LogP contribution in [-0.2, 0) is 11.3 Å². The molecule has 4 nitrogen and oxygen atoms in total. The summed E-state index contributed by atoms with van der Waals surface area (Å²) < 4.78 is 0. The average Bonchev–Trinajstić information content (AvgIpc) is 2.75. The molecule has 1 aliphatic rings. The highest BCUT2D eigenvalue weighted by molar-refractivity contribution is 6.52. The summed E-state index contributed by atoms with van der Waals surface area (Å²) in [5.74, 6) is -0.829. The third-order valence-electron chi connectivity index (χ3n) is 4.06. The number of ketones is 1. The number of anilines is 1. The van der Waals surface area contributed by atoms with Crippen LogP contribution < -0.4 is 9.80 Å². The van der Waals surface area contributed by atoms with Crippen molar-refractivity contribution in [1.29, 1.82) is 0 Å². The van der Waals surface area contributed by atoms with Gasteiger partial charge in [-0.2, -0.15) is 0 Å². The number of nitrogens with zero attached hydrogens (tertiary/aromatic N) is 1. The fourth-order valence-electron chi connectivity index (χ4n) is 2.86. The van der Waals surface area contributed by atoms with E-state index in [0.29, 0.717) is 12.2 Å². The number of fused-ring (bicyclic) bond motifs is 1. The van der Waals surface area contributed by atoms with E-state index < -0.39 is 11.7 Å². The van der Waals surface area contributed by atoms with Gasteiger partial charge in [0.1, 0.15) is 6.54 Å². The number of hydrogen-bond acceptors (Lipinski definition) is 2. The van der Waals surface area contributed by atoms with Crippen LogP contribution in [0.1, 0.15) is 21.5 Å². The first-order chi connectivity index (χ1) is 10.6. The van der Waals surface area contributed by atoms with Gasteiger partial charge in [0.2, 0.25) is 0 Å². The Balaban J connectivity index is 1.77. The summed E-state index contributed by atoms with van der Waals surface area (Å²) in [6.07, 6.45) is 0. The fourth-order valence-corrected chi connectivity index (χ4v) is 2.86. The summed E-state index contributed by atoms with van der Waals surface area (Å²) in [5.41, 5.74) is 3.73. The Hall–Kier alpha value is -2.46. The number of benzene rings is 2. The van der Waals surface area contributed by atoms with Crippen molar-refractivity contribution in [2.45, 2.75) is 13.5 Å². The fraction of sp³-hybridized carbons (Fsp3) is 0.222. The maximum atomic E-state index is 12.2. The number of quaternary nitrogens is 1. The summed E-state index contributed by atoms with van der Waals surface area (Å²) in [5, 5.41) is 0. The van der Waals surface area contributed by atoms with Crippen LogP contribution in [0.3, 0.4) is 0 Å². The van der Waals surface area contributed by atoms with E-state index in [1.807, 2.05) is 31.3 Å². The highest BCUT2D eigenvalue weighted by atomic mass is 16.2. The Kier molecular flexibility index (Phi) is 3.77. The van der Waals surface area contributed by atoms with E-state index in [1.54, 1.807) is 17.0 Å². The lowest BCUT2D eigenvalue weighted by molar-refractivity contribution is -0.892. The molecule has 1 amide bonds. The normalized spacial score (nSPS) is 15.1. The number of Topliss-reactive ketones (excluding diaryl/α,β-unsaturated/α-hetero) is 1. The van der Waals surface area contributed by atoms with E-state index in [9.17, 15) is 9.59 Å². The van der Waals surface area contributed by atoms with Crippen LogP contribution in [0, 0.1) is 6.92 Å². The quantitative estimate of drug-likeness (QED) is 0.861. The summed E-state index contributed by atoms with van der Waals surface area (Å²) >= 11 is 0. The summed E-state index contributed by atoms with van der Waals surface area (Å²) in [7, 11) is 2.03. The first-order valence-electron chi connectivity index (χ1n) is 7.39. The van der Waals surface area contributed by atoms with Crippen LogP contribution in [0.25, 0.3) is 0 Å². The van der Waals surface area contributed by atoms with E-state index in [-0.39, 0.29) is 0 Å². The molecule has 0 aromatic heterocycles. The molecule has 0 fully saturated rings. The zero-order valence-electron chi connectivity index (χ0n) is 12.8. The Labute approximate surface area is 130 Å². The minimum atomic E-state index is -0.426. The molecule has 112 valence electrons. The lowest BCUT2D eigenvalue weighted by Crippen LogP contribution is -3.09. The molecule has 0 aliphatic carbocycles. The van der Waals surface area contributed by atoms with Gasteiger partial charge in [0.15, 0.2) is 6.67 Å². The molecule has 0 spiro atoms. The minimum Gasteiger partial charge on any atom is -0.316 e. The van der Waals surface area contributed by atoms with Gasteiger partial charge in [-0.05, 0) is 24.6 Å². The van der Waals surface area contributed by atoms with Crippen molar-refractivity contribution < 1.29 is 14.5 Å². The van der Waals surface area contributed by atoms with Crippen molar-refractivity contribution in [3.8, 4) is 0 Å². The second kappa shape index (κ2) is 5.73. The number of rotatable bonds is 4. The third-order valence-corrected chi connectivity index (χ3v) is 4.06. The zero-order valence-corrected chi connectivity index (χ0v) is 12.8. The van der Waals surface area contributed by atoms with Gasteiger partial charge in [-0.1, -0.05) is 36.4 Å². The lowest BCUT2D eigenvalue weighted by atomic mass is 10.1. The van der Waals surface area contributed by atoms with E-state index in [2.05, 4.69) is 19.1 Å². The lowest BCUT2D eigenvalue weighted by Gasteiger charge is -2.22. The number of nitrogens with one attached hydrogen (secondary N) is 1. The van der Waals surface area contributed by atoms with Crippen molar-refractivity contribution >= 4 is 17.4 Å². The van der Waals surface area contributed by atoms with Crippen molar-refractivity contribution in [2.75, 3.05) is 18.6 Å². The molecule has 0 saturated carbocycles. The van der Waals surface area contributed by atoms with Crippen LogP contribution in [-0.4, -0.2) is 25.4 Å².